The maximum Gasteiger partial charge on any atom is 0.144 e. The SMILES string of the molecule is CN(C)Cc1ncc(Br)c(N)n1. The van der Waals surface area contributed by atoms with Crippen molar-refractivity contribution in [3.8, 4) is 0 Å². The average molecular weight is 231 g/mol. The lowest BCUT2D eigenvalue weighted by Crippen LogP contribution is -2.14. The van der Waals surface area contributed by atoms with Gasteiger partial charge in [0.15, 0.2) is 0 Å². The number of aromatic nitrogens is 2. The van der Waals surface area contributed by atoms with Gasteiger partial charge < -0.3 is 10.6 Å². The molecule has 1 aromatic rings. The van der Waals surface area contributed by atoms with Crippen molar-refractivity contribution in [2.45, 2.75) is 6.54 Å². The third kappa shape index (κ3) is 2.42. The molecule has 12 heavy (non-hydrogen) atoms. The Labute approximate surface area is 79.9 Å². The quantitative estimate of drug-likeness (QED) is 0.820. The molecule has 1 aromatic heterocycles. The Morgan fingerprint density at radius 2 is 2.25 bits per heavy atom. The maximum absolute atomic E-state index is 5.58. The van der Waals surface area contributed by atoms with E-state index in [0.717, 1.165) is 10.3 Å². The molecule has 0 atom stereocenters. The second-order valence-electron chi connectivity index (χ2n) is 2.76. The van der Waals surface area contributed by atoms with Gasteiger partial charge in [0.2, 0.25) is 0 Å². The van der Waals surface area contributed by atoms with Crippen LogP contribution in [0.3, 0.4) is 0 Å². The molecule has 1 heterocycles. The highest BCUT2D eigenvalue weighted by molar-refractivity contribution is 9.10. The largest absolute Gasteiger partial charge is 0.383 e. The smallest absolute Gasteiger partial charge is 0.144 e. The minimum absolute atomic E-state index is 0.488. The Morgan fingerprint density at radius 1 is 1.58 bits per heavy atom. The normalized spacial score (nSPS) is 10.7. The maximum atomic E-state index is 5.58. The summed E-state index contributed by atoms with van der Waals surface area (Å²) in [5, 5.41) is 0. The molecule has 0 saturated carbocycles. The third-order valence-corrected chi connectivity index (χ3v) is 1.89. The molecule has 5 heteroatoms. The first-order chi connectivity index (χ1) is 5.59. The van der Waals surface area contributed by atoms with E-state index in [2.05, 4.69) is 25.9 Å². The molecule has 0 aliphatic carbocycles. The first-order valence-corrected chi connectivity index (χ1v) is 4.30. The molecule has 66 valence electrons. The van der Waals surface area contributed by atoms with E-state index >= 15 is 0 Å². The molecule has 0 saturated heterocycles. The number of anilines is 1. The molecule has 0 fully saturated rings. The van der Waals surface area contributed by atoms with Gasteiger partial charge in [-0.2, -0.15) is 0 Å². The molecule has 1 rings (SSSR count). The summed E-state index contributed by atoms with van der Waals surface area (Å²) in [6, 6.07) is 0. The van der Waals surface area contributed by atoms with E-state index in [1.807, 2.05) is 19.0 Å². The van der Waals surface area contributed by atoms with Gasteiger partial charge in [-0.1, -0.05) is 0 Å². The predicted molar refractivity (Wildman–Crippen MR) is 51.5 cm³/mol. The highest BCUT2D eigenvalue weighted by atomic mass is 79.9. The van der Waals surface area contributed by atoms with Gasteiger partial charge >= 0.3 is 0 Å². The van der Waals surface area contributed by atoms with Gasteiger partial charge in [0.05, 0.1) is 11.0 Å². The summed E-state index contributed by atoms with van der Waals surface area (Å²) in [6.45, 7) is 0.706. The number of nitrogen functional groups attached to an aromatic ring is 1. The summed E-state index contributed by atoms with van der Waals surface area (Å²) in [6.07, 6.45) is 1.67. The van der Waals surface area contributed by atoms with Crippen LogP contribution in [0.4, 0.5) is 5.82 Å². The summed E-state index contributed by atoms with van der Waals surface area (Å²) in [5.41, 5.74) is 5.58. The Morgan fingerprint density at radius 3 is 2.75 bits per heavy atom. The summed E-state index contributed by atoms with van der Waals surface area (Å²) in [7, 11) is 3.92. The molecule has 0 bridgehead atoms. The first kappa shape index (κ1) is 9.41. The van der Waals surface area contributed by atoms with Crippen LogP contribution in [0.25, 0.3) is 0 Å². The summed E-state index contributed by atoms with van der Waals surface area (Å²) in [4.78, 5) is 10.2. The van der Waals surface area contributed by atoms with Gasteiger partial charge in [-0.25, -0.2) is 9.97 Å². The highest BCUT2D eigenvalue weighted by Crippen LogP contribution is 2.14. The van der Waals surface area contributed by atoms with Crippen LogP contribution in [0.5, 0.6) is 0 Å². The lowest BCUT2D eigenvalue weighted by atomic mass is 10.5. The van der Waals surface area contributed by atoms with Gasteiger partial charge in [0, 0.05) is 6.20 Å². The van der Waals surface area contributed by atoms with Crippen LogP contribution < -0.4 is 5.73 Å². The summed E-state index contributed by atoms with van der Waals surface area (Å²) < 4.78 is 0.741. The highest BCUT2D eigenvalue weighted by Gasteiger charge is 2.01. The average Bonchev–Trinajstić information content (AvgIpc) is 1.96. The van der Waals surface area contributed by atoms with Crippen molar-refractivity contribution in [2.75, 3.05) is 19.8 Å². The molecule has 4 nitrogen and oxygen atoms in total. The Balaban J connectivity index is 2.82. The molecular weight excluding hydrogens is 220 g/mol. The van der Waals surface area contributed by atoms with Crippen LogP contribution >= 0.6 is 15.9 Å². The van der Waals surface area contributed by atoms with Crippen LogP contribution in [-0.2, 0) is 6.54 Å². The molecule has 0 spiro atoms. The number of hydrogen-bond acceptors (Lipinski definition) is 4. The van der Waals surface area contributed by atoms with Crippen molar-refractivity contribution in [2.24, 2.45) is 0 Å². The second kappa shape index (κ2) is 3.82. The van der Waals surface area contributed by atoms with Crippen molar-refractivity contribution in [3.63, 3.8) is 0 Å². The number of hydrogen-bond donors (Lipinski definition) is 1. The van der Waals surface area contributed by atoms with Crippen molar-refractivity contribution in [3.05, 3.63) is 16.5 Å². The molecular formula is C7H11BrN4. The van der Waals surface area contributed by atoms with Crippen molar-refractivity contribution in [1.29, 1.82) is 0 Å². The predicted octanol–water partition coefficient (Wildman–Crippen LogP) is 0.883. The van der Waals surface area contributed by atoms with Crippen LogP contribution in [0.2, 0.25) is 0 Å². The van der Waals surface area contributed by atoms with E-state index in [0.29, 0.717) is 12.4 Å². The second-order valence-corrected chi connectivity index (χ2v) is 3.61. The van der Waals surface area contributed by atoms with Crippen LogP contribution in [-0.4, -0.2) is 29.0 Å². The van der Waals surface area contributed by atoms with Gasteiger partial charge in [-0.15, -0.1) is 0 Å². The van der Waals surface area contributed by atoms with E-state index in [1.54, 1.807) is 6.20 Å². The van der Waals surface area contributed by atoms with Crippen molar-refractivity contribution in [1.82, 2.24) is 14.9 Å². The van der Waals surface area contributed by atoms with Crippen LogP contribution in [0.15, 0.2) is 10.7 Å². The summed E-state index contributed by atoms with van der Waals surface area (Å²) in [5.74, 6) is 1.22. The fraction of sp³-hybridized carbons (Fsp3) is 0.429. The molecule has 0 aliphatic heterocycles. The number of halogens is 1. The zero-order valence-corrected chi connectivity index (χ0v) is 8.67. The minimum atomic E-state index is 0.488. The van der Waals surface area contributed by atoms with E-state index in [9.17, 15) is 0 Å². The molecule has 0 radical (unpaired) electrons. The Kier molecular flexibility index (Phi) is 2.99. The van der Waals surface area contributed by atoms with Gasteiger partial charge in [-0.3, -0.25) is 0 Å². The monoisotopic (exact) mass is 230 g/mol. The van der Waals surface area contributed by atoms with Crippen molar-refractivity contribution < 1.29 is 0 Å². The summed E-state index contributed by atoms with van der Waals surface area (Å²) >= 11 is 3.23. The Bertz CT molecular complexity index is 274. The van der Waals surface area contributed by atoms with Crippen LogP contribution in [0.1, 0.15) is 5.82 Å². The molecule has 0 aliphatic rings. The van der Waals surface area contributed by atoms with Gasteiger partial charge in [-0.05, 0) is 30.0 Å². The zero-order chi connectivity index (χ0) is 9.14. The van der Waals surface area contributed by atoms with Gasteiger partial charge in [0.25, 0.3) is 0 Å². The topological polar surface area (TPSA) is 55.0 Å². The Hall–Kier alpha value is -0.680. The third-order valence-electron chi connectivity index (χ3n) is 1.28. The first-order valence-electron chi connectivity index (χ1n) is 3.51. The van der Waals surface area contributed by atoms with E-state index in [-0.39, 0.29) is 0 Å². The standard InChI is InChI=1S/C7H11BrN4/c1-12(2)4-6-10-3-5(8)7(9)11-6/h3H,4H2,1-2H3,(H2,9,10,11). The fourth-order valence-electron chi connectivity index (χ4n) is 0.778. The van der Waals surface area contributed by atoms with E-state index < -0.39 is 0 Å². The number of nitrogens with two attached hydrogens (primary N) is 1. The molecule has 0 unspecified atom stereocenters. The van der Waals surface area contributed by atoms with Gasteiger partial charge in [0.1, 0.15) is 11.6 Å². The van der Waals surface area contributed by atoms with E-state index in [4.69, 9.17) is 5.73 Å². The lowest BCUT2D eigenvalue weighted by molar-refractivity contribution is 0.390. The zero-order valence-electron chi connectivity index (χ0n) is 7.08. The van der Waals surface area contributed by atoms with E-state index in [1.165, 1.54) is 0 Å². The fourth-order valence-corrected chi connectivity index (χ4v) is 0.969. The number of nitrogens with zero attached hydrogens (tertiary/aromatic N) is 3. The molecule has 2 N–H and O–H groups in total. The van der Waals surface area contributed by atoms with Crippen molar-refractivity contribution >= 4 is 21.7 Å². The minimum Gasteiger partial charge on any atom is -0.383 e. The molecule has 0 amide bonds. The van der Waals surface area contributed by atoms with Crippen LogP contribution in [0, 0.1) is 0 Å². The lowest BCUT2D eigenvalue weighted by Gasteiger charge is -2.08. The number of rotatable bonds is 2. The molecule has 0 aromatic carbocycles.